The maximum atomic E-state index is 12.5. The van der Waals surface area contributed by atoms with Gasteiger partial charge in [-0.05, 0) is 42.8 Å². The standard InChI is InChI=1S/C19H18Cl2N2O4/c1-2-22-19(25)13-10-12(20)3-4-15(13)23-17(24)9-11-7-14(21)18-16(8-11)26-5-6-27-18/h3-4,7-8,10H,2,5-6,9H2,1H3,(H,22,25)(H,23,24). The number of anilines is 1. The molecule has 0 saturated heterocycles. The fraction of sp³-hybridized carbons (Fsp3) is 0.263. The zero-order valence-electron chi connectivity index (χ0n) is 14.6. The molecule has 8 heteroatoms. The Morgan fingerprint density at radius 1 is 1.11 bits per heavy atom. The highest BCUT2D eigenvalue weighted by Gasteiger charge is 2.19. The molecule has 0 aliphatic carbocycles. The van der Waals surface area contributed by atoms with Crippen LogP contribution in [0.25, 0.3) is 0 Å². The van der Waals surface area contributed by atoms with E-state index < -0.39 is 0 Å². The van der Waals surface area contributed by atoms with Crippen molar-refractivity contribution in [1.29, 1.82) is 0 Å². The maximum absolute atomic E-state index is 12.5. The van der Waals surface area contributed by atoms with Crippen LogP contribution in [0.5, 0.6) is 11.5 Å². The molecule has 0 radical (unpaired) electrons. The normalized spacial score (nSPS) is 12.4. The van der Waals surface area contributed by atoms with Crippen molar-refractivity contribution >= 4 is 40.7 Å². The molecule has 142 valence electrons. The molecule has 3 rings (SSSR count). The monoisotopic (exact) mass is 408 g/mol. The highest BCUT2D eigenvalue weighted by molar-refractivity contribution is 6.32. The molecule has 0 aromatic heterocycles. The second kappa shape index (κ2) is 8.50. The Morgan fingerprint density at radius 2 is 1.89 bits per heavy atom. The van der Waals surface area contributed by atoms with Crippen molar-refractivity contribution < 1.29 is 19.1 Å². The minimum atomic E-state index is -0.308. The average Bonchev–Trinajstić information content (AvgIpc) is 2.63. The molecule has 1 aliphatic rings. The van der Waals surface area contributed by atoms with Crippen LogP contribution in [0, 0.1) is 0 Å². The Morgan fingerprint density at radius 3 is 2.67 bits per heavy atom. The third-order valence-corrected chi connectivity index (χ3v) is 4.37. The van der Waals surface area contributed by atoms with E-state index in [4.69, 9.17) is 32.7 Å². The molecule has 0 atom stereocenters. The van der Waals surface area contributed by atoms with Gasteiger partial charge in [0.2, 0.25) is 5.91 Å². The topological polar surface area (TPSA) is 76.7 Å². The number of rotatable bonds is 5. The summed E-state index contributed by atoms with van der Waals surface area (Å²) in [5, 5.41) is 6.25. The lowest BCUT2D eigenvalue weighted by atomic mass is 10.1. The van der Waals surface area contributed by atoms with Gasteiger partial charge in [0, 0.05) is 11.6 Å². The number of carbonyl (C=O) groups excluding carboxylic acids is 2. The number of benzene rings is 2. The van der Waals surface area contributed by atoms with Gasteiger partial charge in [-0.25, -0.2) is 0 Å². The minimum Gasteiger partial charge on any atom is -0.486 e. The van der Waals surface area contributed by atoms with E-state index >= 15 is 0 Å². The fourth-order valence-electron chi connectivity index (χ4n) is 2.72. The summed E-state index contributed by atoms with van der Waals surface area (Å²) in [6, 6.07) is 8.12. The highest BCUT2D eigenvalue weighted by atomic mass is 35.5. The Kier molecular flexibility index (Phi) is 6.08. The molecule has 27 heavy (non-hydrogen) atoms. The van der Waals surface area contributed by atoms with Crippen molar-refractivity contribution in [2.24, 2.45) is 0 Å². The van der Waals surface area contributed by atoms with Crippen LogP contribution in [0.4, 0.5) is 5.69 Å². The van der Waals surface area contributed by atoms with Crippen LogP contribution in [0.15, 0.2) is 30.3 Å². The first-order chi connectivity index (χ1) is 13.0. The van der Waals surface area contributed by atoms with Crippen LogP contribution in [0.1, 0.15) is 22.8 Å². The summed E-state index contributed by atoms with van der Waals surface area (Å²) in [5.41, 5.74) is 1.37. The summed E-state index contributed by atoms with van der Waals surface area (Å²) >= 11 is 12.2. The Labute approximate surface area is 166 Å². The highest BCUT2D eigenvalue weighted by Crippen LogP contribution is 2.38. The number of hydrogen-bond acceptors (Lipinski definition) is 4. The second-order valence-electron chi connectivity index (χ2n) is 5.88. The zero-order chi connectivity index (χ0) is 19.4. The molecule has 2 N–H and O–H groups in total. The summed E-state index contributed by atoms with van der Waals surface area (Å²) in [6.07, 6.45) is 0.0633. The number of amides is 2. The fourth-order valence-corrected chi connectivity index (χ4v) is 3.18. The van der Waals surface area contributed by atoms with Gasteiger partial charge in [-0.2, -0.15) is 0 Å². The Hall–Kier alpha value is -2.44. The number of fused-ring (bicyclic) bond motifs is 1. The first-order valence-electron chi connectivity index (χ1n) is 8.43. The van der Waals surface area contributed by atoms with E-state index in [1.807, 2.05) is 6.92 Å². The lowest BCUT2D eigenvalue weighted by Gasteiger charge is -2.20. The molecule has 0 saturated carbocycles. The van der Waals surface area contributed by atoms with Crippen molar-refractivity contribution in [1.82, 2.24) is 5.32 Å². The molecule has 0 fully saturated rings. The molecule has 1 heterocycles. The van der Waals surface area contributed by atoms with Crippen LogP contribution < -0.4 is 20.1 Å². The van der Waals surface area contributed by atoms with Crippen LogP contribution in [0.3, 0.4) is 0 Å². The number of hydrogen-bond donors (Lipinski definition) is 2. The lowest BCUT2D eigenvalue weighted by molar-refractivity contribution is -0.115. The first kappa shape index (κ1) is 19.3. The molecule has 1 aliphatic heterocycles. The molecule has 2 amide bonds. The lowest BCUT2D eigenvalue weighted by Crippen LogP contribution is -2.25. The third-order valence-electron chi connectivity index (χ3n) is 3.86. The molecule has 2 aromatic rings. The summed E-state index contributed by atoms with van der Waals surface area (Å²) in [4.78, 5) is 24.7. The van der Waals surface area contributed by atoms with Crippen LogP contribution in [-0.4, -0.2) is 31.6 Å². The smallest absolute Gasteiger partial charge is 0.253 e. The van der Waals surface area contributed by atoms with E-state index in [1.165, 1.54) is 6.07 Å². The van der Waals surface area contributed by atoms with E-state index in [0.29, 0.717) is 58.1 Å². The van der Waals surface area contributed by atoms with Crippen molar-refractivity contribution in [3.63, 3.8) is 0 Å². The molecule has 0 unspecified atom stereocenters. The van der Waals surface area contributed by atoms with Crippen molar-refractivity contribution in [3.8, 4) is 11.5 Å². The molecular formula is C19H18Cl2N2O4. The second-order valence-corrected chi connectivity index (χ2v) is 6.72. The number of ether oxygens (including phenoxy) is 2. The largest absolute Gasteiger partial charge is 0.486 e. The van der Waals surface area contributed by atoms with Gasteiger partial charge in [0.1, 0.15) is 13.2 Å². The minimum absolute atomic E-state index is 0.0633. The molecular weight excluding hydrogens is 391 g/mol. The van der Waals surface area contributed by atoms with Gasteiger partial charge in [-0.1, -0.05) is 23.2 Å². The first-order valence-corrected chi connectivity index (χ1v) is 9.19. The average molecular weight is 409 g/mol. The van der Waals surface area contributed by atoms with E-state index in [9.17, 15) is 9.59 Å². The van der Waals surface area contributed by atoms with Gasteiger partial charge in [-0.3, -0.25) is 9.59 Å². The van der Waals surface area contributed by atoms with E-state index in [1.54, 1.807) is 24.3 Å². The maximum Gasteiger partial charge on any atom is 0.253 e. The molecule has 6 nitrogen and oxygen atoms in total. The van der Waals surface area contributed by atoms with Gasteiger partial charge in [0.15, 0.2) is 11.5 Å². The van der Waals surface area contributed by atoms with Gasteiger partial charge < -0.3 is 20.1 Å². The summed E-state index contributed by atoms with van der Waals surface area (Å²) in [5.74, 6) is 0.405. The quantitative estimate of drug-likeness (QED) is 0.790. The number of nitrogens with one attached hydrogen (secondary N) is 2. The van der Waals surface area contributed by atoms with Crippen LogP contribution in [0.2, 0.25) is 10.0 Å². The molecule has 0 spiro atoms. The zero-order valence-corrected chi connectivity index (χ0v) is 16.1. The third kappa shape index (κ3) is 4.64. The summed E-state index contributed by atoms with van der Waals surface area (Å²) < 4.78 is 11.0. The number of halogens is 2. The number of carbonyl (C=O) groups is 2. The predicted molar refractivity (Wildman–Crippen MR) is 104 cm³/mol. The van der Waals surface area contributed by atoms with E-state index in [-0.39, 0.29) is 18.2 Å². The van der Waals surface area contributed by atoms with Gasteiger partial charge in [-0.15, -0.1) is 0 Å². The molecule has 0 bridgehead atoms. The van der Waals surface area contributed by atoms with E-state index in [0.717, 1.165) is 0 Å². The van der Waals surface area contributed by atoms with Crippen LogP contribution in [-0.2, 0) is 11.2 Å². The SMILES string of the molecule is CCNC(=O)c1cc(Cl)ccc1NC(=O)Cc1cc(Cl)c2c(c1)OCCO2. The summed E-state index contributed by atoms with van der Waals surface area (Å²) in [7, 11) is 0. The van der Waals surface area contributed by atoms with Crippen LogP contribution >= 0.6 is 23.2 Å². The van der Waals surface area contributed by atoms with Crippen molar-refractivity contribution in [2.75, 3.05) is 25.1 Å². The summed E-state index contributed by atoms with van der Waals surface area (Å²) in [6.45, 7) is 3.14. The van der Waals surface area contributed by atoms with Crippen molar-refractivity contribution in [2.45, 2.75) is 13.3 Å². The van der Waals surface area contributed by atoms with Gasteiger partial charge in [0.25, 0.3) is 5.91 Å². The Bertz CT molecular complexity index is 886. The Balaban J connectivity index is 1.77. The van der Waals surface area contributed by atoms with E-state index in [2.05, 4.69) is 10.6 Å². The molecule has 2 aromatic carbocycles. The predicted octanol–water partition coefficient (Wildman–Crippen LogP) is 3.70. The van der Waals surface area contributed by atoms with Gasteiger partial charge >= 0.3 is 0 Å². The van der Waals surface area contributed by atoms with Crippen molar-refractivity contribution in [3.05, 3.63) is 51.5 Å². The van der Waals surface area contributed by atoms with Gasteiger partial charge in [0.05, 0.1) is 22.7 Å².